The number of ether oxygens (including phenoxy) is 2. The Morgan fingerprint density at radius 3 is 2.66 bits per heavy atom. The van der Waals surface area contributed by atoms with E-state index in [1.165, 1.54) is 54.4 Å². The lowest BCUT2D eigenvalue weighted by molar-refractivity contribution is -0.134. The van der Waals surface area contributed by atoms with Crippen LogP contribution in [-0.2, 0) is 22.6 Å². The number of fused-ring (bicyclic) bond motifs is 1. The zero-order chi connectivity index (χ0) is 24.7. The summed E-state index contributed by atoms with van der Waals surface area (Å²) in [5, 5.41) is 19.1. The Hall–Kier alpha value is -3.65. The zero-order valence-corrected chi connectivity index (χ0v) is 19.5. The van der Waals surface area contributed by atoms with Gasteiger partial charge in [-0.15, -0.1) is 0 Å². The fraction of sp³-hybridized carbons (Fsp3) is 0.370. The molecule has 0 saturated heterocycles. The molecule has 0 radical (unpaired) electrons. The van der Waals surface area contributed by atoms with Crippen LogP contribution in [0.5, 0.6) is 11.5 Å². The number of pyridine rings is 1. The van der Waals surface area contributed by atoms with Crippen LogP contribution in [-0.4, -0.2) is 45.9 Å². The zero-order valence-electron chi connectivity index (χ0n) is 19.5. The number of benzene rings is 1. The first-order valence-electron chi connectivity index (χ1n) is 11.9. The lowest BCUT2D eigenvalue weighted by atomic mass is 10.1. The van der Waals surface area contributed by atoms with Crippen molar-refractivity contribution in [2.24, 2.45) is 0 Å². The first kappa shape index (κ1) is 24.5. The molecule has 5 rings (SSSR count). The lowest BCUT2D eigenvalue weighted by Gasteiger charge is -2.12. The molecule has 2 heterocycles. The predicted octanol–water partition coefficient (Wildman–Crippen LogP) is 4.00. The highest BCUT2D eigenvalue weighted by Gasteiger charge is 2.50. The van der Waals surface area contributed by atoms with Crippen LogP contribution >= 0.6 is 0 Å². The van der Waals surface area contributed by atoms with E-state index in [9.17, 15) is 9.59 Å². The van der Waals surface area contributed by atoms with Gasteiger partial charge in [-0.1, -0.05) is 18.2 Å². The van der Waals surface area contributed by atoms with E-state index in [0.29, 0.717) is 18.8 Å². The van der Waals surface area contributed by atoms with Gasteiger partial charge in [-0.05, 0) is 60.9 Å². The van der Waals surface area contributed by atoms with Gasteiger partial charge in [0.2, 0.25) is 0 Å². The van der Waals surface area contributed by atoms with Crippen LogP contribution in [0.3, 0.4) is 0 Å². The van der Waals surface area contributed by atoms with Crippen LogP contribution in [0.2, 0.25) is 0 Å². The van der Waals surface area contributed by atoms with Crippen LogP contribution in [0.25, 0.3) is 5.57 Å². The van der Waals surface area contributed by atoms with Gasteiger partial charge in [0.1, 0.15) is 12.2 Å². The van der Waals surface area contributed by atoms with E-state index in [-0.39, 0.29) is 5.60 Å². The fourth-order valence-corrected chi connectivity index (χ4v) is 4.25. The molecule has 35 heavy (non-hydrogen) atoms. The highest BCUT2D eigenvalue weighted by Crippen LogP contribution is 2.52. The van der Waals surface area contributed by atoms with Gasteiger partial charge in [0.05, 0.1) is 0 Å². The summed E-state index contributed by atoms with van der Waals surface area (Å²) in [6.45, 7) is 2.23. The van der Waals surface area contributed by atoms with Crippen LogP contribution in [0.1, 0.15) is 48.8 Å². The number of aliphatic carboxylic acids is 2. The molecule has 3 N–H and O–H groups in total. The molecule has 1 spiro atoms. The highest BCUT2D eigenvalue weighted by atomic mass is 16.5. The van der Waals surface area contributed by atoms with Crippen molar-refractivity contribution in [1.82, 2.24) is 10.3 Å². The molecule has 8 heteroatoms. The van der Waals surface area contributed by atoms with Gasteiger partial charge in [0.15, 0.2) is 11.5 Å². The third-order valence-electron chi connectivity index (χ3n) is 6.14. The molecule has 3 aliphatic rings. The number of rotatable bonds is 9. The molecule has 1 aliphatic heterocycles. The van der Waals surface area contributed by atoms with Gasteiger partial charge < -0.3 is 25.0 Å². The van der Waals surface area contributed by atoms with Gasteiger partial charge >= 0.3 is 11.9 Å². The Kier molecular flexibility index (Phi) is 7.82. The number of carbonyl (C=O) groups is 2. The quantitative estimate of drug-likeness (QED) is 0.366. The van der Waals surface area contributed by atoms with Gasteiger partial charge in [-0.2, -0.15) is 0 Å². The first-order chi connectivity index (χ1) is 16.9. The summed E-state index contributed by atoms with van der Waals surface area (Å²) in [4.78, 5) is 23.5. The molecule has 0 amide bonds. The standard InChI is InChI=1S/C23H26N2O2.C4H4O4/c1-2-5-18(4-1)20-12-17(15-25-16-20)14-24-10-11-26-21-7-3-6-19-13-23(8-9-23)27-22(19)21;5-3(6)1-2-4(7)8/h3-4,6-7,12,15-16,24H,1-2,5,8-11,13-14H2;1-2H,(H,5,6)(H,7,8)/b;2-1+. The molecule has 0 bridgehead atoms. The number of hydrogen-bond acceptors (Lipinski definition) is 6. The maximum Gasteiger partial charge on any atom is 0.328 e. The molecule has 2 aliphatic carbocycles. The van der Waals surface area contributed by atoms with Crippen molar-refractivity contribution >= 4 is 17.5 Å². The molecule has 1 aromatic carbocycles. The van der Waals surface area contributed by atoms with Crippen molar-refractivity contribution < 1.29 is 29.3 Å². The maximum absolute atomic E-state index is 9.55. The Morgan fingerprint density at radius 1 is 1.17 bits per heavy atom. The number of carboxylic acids is 2. The van der Waals surface area contributed by atoms with E-state index in [1.807, 2.05) is 18.5 Å². The average molecular weight is 479 g/mol. The minimum Gasteiger partial charge on any atom is -0.488 e. The normalized spacial score (nSPS) is 16.7. The van der Waals surface area contributed by atoms with Crippen molar-refractivity contribution in [2.75, 3.05) is 13.2 Å². The summed E-state index contributed by atoms with van der Waals surface area (Å²) in [5.41, 5.74) is 5.34. The molecule has 0 unspecified atom stereocenters. The van der Waals surface area contributed by atoms with E-state index in [4.69, 9.17) is 19.7 Å². The SMILES string of the molecule is C1=C(c2cncc(CNCCOc3cccc4c3OC3(CC3)C4)c2)CCC1.O=C(O)/C=C/C(=O)O. The van der Waals surface area contributed by atoms with Crippen LogP contribution in [0, 0.1) is 0 Å². The molecule has 1 saturated carbocycles. The summed E-state index contributed by atoms with van der Waals surface area (Å²) in [7, 11) is 0. The van der Waals surface area contributed by atoms with Gasteiger partial charge in [0.25, 0.3) is 0 Å². The van der Waals surface area contributed by atoms with E-state index < -0.39 is 11.9 Å². The van der Waals surface area contributed by atoms with Gasteiger partial charge in [-0.3, -0.25) is 4.98 Å². The van der Waals surface area contributed by atoms with Crippen LogP contribution < -0.4 is 14.8 Å². The Balaban J connectivity index is 0.000000314. The number of carboxylic acid groups (broad SMARTS) is 2. The van der Waals surface area contributed by atoms with E-state index in [2.05, 4.69) is 34.6 Å². The van der Waals surface area contributed by atoms with E-state index >= 15 is 0 Å². The summed E-state index contributed by atoms with van der Waals surface area (Å²) >= 11 is 0. The fourth-order valence-electron chi connectivity index (χ4n) is 4.25. The summed E-state index contributed by atoms with van der Waals surface area (Å²) < 4.78 is 12.2. The molecule has 1 fully saturated rings. The second kappa shape index (κ2) is 11.2. The van der Waals surface area contributed by atoms with Crippen molar-refractivity contribution in [3.63, 3.8) is 0 Å². The monoisotopic (exact) mass is 478 g/mol. The number of nitrogens with one attached hydrogen (secondary N) is 1. The van der Waals surface area contributed by atoms with Crippen molar-refractivity contribution in [2.45, 2.75) is 50.7 Å². The Labute approximate surface area is 204 Å². The minimum absolute atomic E-state index is 0.104. The topological polar surface area (TPSA) is 118 Å². The Bertz CT molecular complexity index is 1120. The molecule has 8 nitrogen and oxygen atoms in total. The summed E-state index contributed by atoms with van der Waals surface area (Å²) in [6.07, 6.45) is 14.4. The van der Waals surface area contributed by atoms with E-state index in [0.717, 1.165) is 31.0 Å². The maximum atomic E-state index is 9.55. The average Bonchev–Trinajstić information content (AvgIpc) is 3.23. The smallest absolute Gasteiger partial charge is 0.328 e. The highest BCUT2D eigenvalue weighted by molar-refractivity contribution is 5.89. The first-order valence-corrected chi connectivity index (χ1v) is 11.9. The number of nitrogens with zero attached hydrogens (tertiary/aromatic N) is 1. The largest absolute Gasteiger partial charge is 0.488 e. The molecule has 0 atom stereocenters. The number of hydrogen-bond donors (Lipinski definition) is 3. The molecule has 1 aromatic heterocycles. The van der Waals surface area contributed by atoms with Crippen molar-refractivity contribution in [3.05, 3.63) is 71.6 Å². The minimum atomic E-state index is -1.26. The summed E-state index contributed by atoms with van der Waals surface area (Å²) in [6, 6.07) is 8.50. The second-order valence-electron chi connectivity index (χ2n) is 8.94. The molecular weight excluding hydrogens is 448 g/mol. The molecular formula is C27H30N2O6. The third-order valence-corrected chi connectivity index (χ3v) is 6.14. The van der Waals surface area contributed by atoms with Gasteiger partial charge in [0, 0.05) is 49.6 Å². The van der Waals surface area contributed by atoms with Crippen LogP contribution in [0.4, 0.5) is 0 Å². The van der Waals surface area contributed by atoms with Crippen LogP contribution in [0.15, 0.2) is 54.9 Å². The van der Waals surface area contributed by atoms with Gasteiger partial charge in [-0.25, -0.2) is 9.59 Å². The summed E-state index contributed by atoms with van der Waals surface area (Å²) in [5.74, 6) is -0.661. The Morgan fingerprint density at radius 2 is 1.97 bits per heavy atom. The predicted molar refractivity (Wildman–Crippen MR) is 130 cm³/mol. The molecule has 184 valence electrons. The third kappa shape index (κ3) is 6.93. The molecule has 2 aromatic rings. The van der Waals surface area contributed by atoms with Crippen molar-refractivity contribution in [3.8, 4) is 11.5 Å². The van der Waals surface area contributed by atoms with Crippen molar-refractivity contribution in [1.29, 1.82) is 0 Å². The number of aromatic nitrogens is 1. The van der Waals surface area contributed by atoms with E-state index in [1.54, 1.807) is 0 Å². The lowest BCUT2D eigenvalue weighted by Crippen LogP contribution is -2.21. The second-order valence-corrected chi connectivity index (χ2v) is 8.94. The number of para-hydroxylation sites is 1. The number of allylic oxidation sites excluding steroid dienone is 2.